The summed E-state index contributed by atoms with van der Waals surface area (Å²) in [5.74, 6) is 0.615. The molecule has 3 heteroatoms. The van der Waals surface area contributed by atoms with Crippen molar-refractivity contribution in [2.24, 2.45) is 11.7 Å². The third kappa shape index (κ3) is 2.78. The third-order valence-corrected chi connectivity index (χ3v) is 4.44. The summed E-state index contributed by atoms with van der Waals surface area (Å²) in [6, 6.07) is 14.7. The van der Waals surface area contributed by atoms with Crippen molar-refractivity contribution in [1.29, 1.82) is 0 Å². The van der Waals surface area contributed by atoms with E-state index in [2.05, 4.69) is 48.2 Å². The van der Waals surface area contributed by atoms with Crippen molar-refractivity contribution in [3.05, 3.63) is 58.6 Å². The van der Waals surface area contributed by atoms with Gasteiger partial charge in [-0.3, -0.25) is 0 Å². The highest BCUT2D eigenvalue weighted by Crippen LogP contribution is 2.39. The van der Waals surface area contributed by atoms with Crippen LogP contribution in [0.4, 0.5) is 11.4 Å². The summed E-state index contributed by atoms with van der Waals surface area (Å²) in [4.78, 5) is 2.33. The van der Waals surface area contributed by atoms with Crippen molar-refractivity contribution < 1.29 is 0 Å². The Balaban J connectivity index is 2.04. The van der Waals surface area contributed by atoms with E-state index in [4.69, 9.17) is 17.3 Å². The van der Waals surface area contributed by atoms with E-state index in [1.54, 1.807) is 0 Å². The van der Waals surface area contributed by atoms with Crippen molar-refractivity contribution >= 4 is 23.0 Å². The summed E-state index contributed by atoms with van der Waals surface area (Å²) in [7, 11) is 0. The first-order valence-corrected chi connectivity index (χ1v) is 7.84. The van der Waals surface area contributed by atoms with Gasteiger partial charge >= 0.3 is 0 Å². The molecule has 0 saturated heterocycles. The van der Waals surface area contributed by atoms with Crippen molar-refractivity contribution in [2.75, 3.05) is 11.4 Å². The number of hydrogen-bond donors (Lipinski definition) is 1. The SMILES string of the molecule is CC1Cc2ccccc2N(c2ccc([C@H](C)N)cc2Cl)C1. The van der Waals surface area contributed by atoms with Gasteiger partial charge in [-0.2, -0.15) is 0 Å². The minimum absolute atomic E-state index is 0.00381. The number of nitrogens with two attached hydrogens (primary N) is 1. The summed E-state index contributed by atoms with van der Waals surface area (Å²) in [6.07, 6.45) is 1.13. The molecule has 2 atom stereocenters. The summed E-state index contributed by atoms with van der Waals surface area (Å²) in [5.41, 5.74) is 10.7. The van der Waals surface area contributed by atoms with Gasteiger partial charge in [0.2, 0.25) is 0 Å². The van der Waals surface area contributed by atoms with E-state index < -0.39 is 0 Å². The zero-order valence-corrected chi connectivity index (χ0v) is 13.3. The lowest BCUT2D eigenvalue weighted by molar-refractivity contribution is 0.562. The zero-order valence-electron chi connectivity index (χ0n) is 12.5. The van der Waals surface area contributed by atoms with Crippen LogP contribution in [-0.2, 0) is 6.42 Å². The van der Waals surface area contributed by atoms with E-state index in [1.165, 1.54) is 11.3 Å². The first kappa shape index (κ1) is 14.4. The quantitative estimate of drug-likeness (QED) is 0.872. The predicted molar refractivity (Wildman–Crippen MR) is 90.4 cm³/mol. The van der Waals surface area contributed by atoms with Crippen molar-refractivity contribution in [3.8, 4) is 0 Å². The number of anilines is 2. The molecule has 1 heterocycles. The Hall–Kier alpha value is -1.51. The molecule has 0 saturated carbocycles. The Morgan fingerprint density at radius 2 is 1.95 bits per heavy atom. The van der Waals surface area contributed by atoms with Crippen LogP contribution >= 0.6 is 11.6 Å². The first-order chi connectivity index (χ1) is 10.1. The maximum absolute atomic E-state index is 6.52. The Kier molecular flexibility index (Phi) is 3.92. The second-order valence-corrected chi connectivity index (χ2v) is 6.46. The molecule has 1 aliphatic rings. The highest BCUT2D eigenvalue weighted by Gasteiger charge is 2.24. The van der Waals surface area contributed by atoms with Crippen LogP contribution in [0, 0.1) is 5.92 Å². The Labute approximate surface area is 131 Å². The fourth-order valence-electron chi connectivity index (χ4n) is 3.05. The van der Waals surface area contributed by atoms with Crippen LogP contribution < -0.4 is 10.6 Å². The number of hydrogen-bond acceptors (Lipinski definition) is 2. The summed E-state index contributed by atoms with van der Waals surface area (Å²) in [5, 5.41) is 0.772. The second-order valence-electron chi connectivity index (χ2n) is 6.05. The maximum atomic E-state index is 6.52. The Morgan fingerprint density at radius 3 is 2.67 bits per heavy atom. The summed E-state index contributed by atoms with van der Waals surface area (Å²) < 4.78 is 0. The van der Waals surface area contributed by atoms with Gasteiger partial charge in [0.05, 0.1) is 10.7 Å². The standard InChI is InChI=1S/C18H21ClN2/c1-12-9-15-5-3-4-6-17(15)21(11-12)18-8-7-14(13(2)20)10-16(18)19/h3-8,10,12-13H,9,11,20H2,1-2H3/t12?,13-/m0/s1. The fraction of sp³-hybridized carbons (Fsp3) is 0.333. The average Bonchev–Trinajstić information content (AvgIpc) is 2.46. The van der Waals surface area contributed by atoms with E-state index in [0.717, 1.165) is 29.2 Å². The summed E-state index contributed by atoms with van der Waals surface area (Å²) in [6.45, 7) is 5.25. The highest BCUT2D eigenvalue weighted by molar-refractivity contribution is 6.33. The zero-order chi connectivity index (χ0) is 15.0. The first-order valence-electron chi connectivity index (χ1n) is 7.46. The minimum atomic E-state index is 0.00381. The number of halogens is 1. The van der Waals surface area contributed by atoms with Crippen LogP contribution in [-0.4, -0.2) is 6.54 Å². The van der Waals surface area contributed by atoms with Crippen LogP contribution in [0.2, 0.25) is 5.02 Å². The van der Waals surface area contributed by atoms with Gasteiger partial charge < -0.3 is 10.6 Å². The monoisotopic (exact) mass is 300 g/mol. The van der Waals surface area contributed by atoms with Crippen LogP contribution in [0.15, 0.2) is 42.5 Å². The molecular weight excluding hydrogens is 280 g/mol. The number of benzene rings is 2. The van der Waals surface area contributed by atoms with Crippen LogP contribution in [0.25, 0.3) is 0 Å². The van der Waals surface area contributed by atoms with E-state index >= 15 is 0 Å². The normalized spacial score (nSPS) is 19.2. The number of nitrogens with zero attached hydrogens (tertiary/aromatic N) is 1. The number of rotatable bonds is 2. The van der Waals surface area contributed by atoms with Gasteiger partial charge in [0.25, 0.3) is 0 Å². The number of para-hydroxylation sites is 1. The third-order valence-electron chi connectivity index (χ3n) is 4.13. The van der Waals surface area contributed by atoms with E-state index in [1.807, 2.05) is 13.0 Å². The molecule has 0 aromatic heterocycles. The van der Waals surface area contributed by atoms with Gasteiger partial charge in [-0.1, -0.05) is 42.8 Å². The van der Waals surface area contributed by atoms with Crippen molar-refractivity contribution in [3.63, 3.8) is 0 Å². The Morgan fingerprint density at radius 1 is 1.19 bits per heavy atom. The lowest BCUT2D eigenvalue weighted by Crippen LogP contribution is -2.30. The van der Waals surface area contributed by atoms with Crippen LogP contribution in [0.5, 0.6) is 0 Å². The molecule has 0 radical (unpaired) electrons. The predicted octanol–water partition coefficient (Wildman–Crippen LogP) is 4.69. The molecular formula is C18H21ClN2. The molecule has 110 valence electrons. The van der Waals surface area contributed by atoms with Gasteiger partial charge in [-0.15, -0.1) is 0 Å². The molecule has 1 unspecified atom stereocenters. The fourth-order valence-corrected chi connectivity index (χ4v) is 3.34. The largest absolute Gasteiger partial charge is 0.340 e. The van der Waals surface area contributed by atoms with Gasteiger partial charge in [0.1, 0.15) is 0 Å². The average molecular weight is 301 g/mol. The van der Waals surface area contributed by atoms with Crippen LogP contribution in [0.3, 0.4) is 0 Å². The van der Waals surface area contributed by atoms with Gasteiger partial charge in [-0.05, 0) is 48.6 Å². The molecule has 21 heavy (non-hydrogen) atoms. The molecule has 2 N–H and O–H groups in total. The van der Waals surface area contributed by atoms with E-state index in [9.17, 15) is 0 Å². The van der Waals surface area contributed by atoms with E-state index in [0.29, 0.717) is 5.92 Å². The molecule has 0 bridgehead atoms. The van der Waals surface area contributed by atoms with Gasteiger partial charge in [-0.25, -0.2) is 0 Å². The second kappa shape index (κ2) is 5.70. The molecule has 0 spiro atoms. The molecule has 0 fully saturated rings. The molecule has 1 aliphatic heterocycles. The van der Waals surface area contributed by atoms with Gasteiger partial charge in [0.15, 0.2) is 0 Å². The molecule has 2 aromatic carbocycles. The van der Waals surface area contributed by atoms with Crippen molar-refractivity contribution in [1.82, 2.24) is 0 Å². The van der Waals surface area contributed by atoms with E-state index in [-0.39, 0.29) is 6.04 Å². The Bertz CT molecular complexity index is 651. The minimum Gasteiger partial charge on any atom is -0.340 e. The van der Waals surface area contributed by atoms with Crippen LogP contribution in [0.1, 0.15) is 31.0 Å². The highest BCUT2D eigenvalue weighted by atomic mass is 35.5. The van der Waals surface area contributed by atoms with Crippen molar-refractivity contribution in [2.45, 2.75) is 26.3 Å². The lowest BCUT2D eigenvalue weighted by Gasteiger charge is -2.35. The lowest BCUT2D eigenvalue weighted by atomic mass is 9.93. The molecule has 3 rings (SSSR count). The maximum Gasteiger partial charge on any atom is 0.0646 e. The summed E-state index contributed by atoms with van der Waals surface area (Å²) >= 11 is 6.52. The molecule has 2 aromatic rings. The smallest absolute Gasteiger partial charge is 0.0646 e. The van der Waals surface area contributed by atoms with Gasteiger partial charge in [0, 0.05) is 18.3 Å². The molecule has 0 amide bonds. The topological polar surface area (TPSA) is 29.3 Å². The number of fused-ring (bicyclic) bond motifs is 1. The molecule has 2 nitrogen and oxygen atoms in total. The molecule has 0 aliphatic carbocycles.